The van der Waals surface area contributed by atoms with E-state index in [-0.39, 0.29) is 23.1 Å². The Hall–Kier alpha value is -1.73. The molecular weight excluding hydrogens is 290 g/mol. The fourth-order valence-corrected chi connectivity index (χ4v) is 3.58. The Morgan fingerprint density at radius 1 is 1.57 bits per heavy atom. The van der Waals surface area contributed by atoms with E-state index in [1.54, 1.807) is 0 Å². The standard InChI is InChI=1S/C14H17N3O3S/c1-8-7-21-14-16-6-10(13(20)17(8)14)12(19)15-5-9-3-2-4-11(9)18/h6-7,9,11,18H,2-5H2,1H3,(H,15,19). The largest absolute Gasteiger partial charge is 0.393 e. The normalized spacial score (nSPS) is 21.8. The van der Waals surface area contributed by atoms with Crippen molar-refractivity contribution in [2.45, 2.75) is 32.3 Å². The molecular formula is C14H17N3O3S. The highest BCUT2D eigenvalue weighted by atomic mass is 32.1. The SMILES string of the molecule is Cc1csc2ncc(C(=O)NCC3CCCC3O)c(=O)n12. The van der Waals surface area contributed by atoms with Crippen molar-refractivity contribution in [2.24, 2.45) is 5.92 Å². The van der Waals surface area contributed by atoms with Gasteiger partial charge in [-0.15, -0.1) is 11.3 Å². The average Bonchev–Trinajstić information content (AvgIpc) is 3.03. The van der Waals surface area contributed by atoms with Crippen LogP contribution in [0.3, 0.4) is 0 Å². The van der Waals surface area contributed by atoms with Gasteiger partial charge in [-0.1, -0.05) is 6.42 Å². The monoisotopic (exact) mass is 307 g/mol. The molecule has 1 amide bonds. The summed E-state index contributed by atoms with van der Waals surface area (Å²) < 4.78 is 1.45. The number of nitrogens with zero attached hydrogens (tertiary/aromatic N) is 2. The Morgan fingerprint density at radius 3 is 3.10 bits per heavy atom. The van der Waals surface area contributed by atoms with Gasteiger partial charge in [-0.25, -0.2) is 4.98 Å². The molecule has 1 aliphatic carbocycles. The number of fused-ring (bicyclic) bond motifs is 1. The maximum Gasteiger partial charge on any atom is 0.271 e. The Kier molecular flexibility index (Phi) is 3.77. The summed E-state index contributed by atoms with van der Waals surface area (Å²) in [5.41, 5.74) is 0.470. The molecule has 1 aliphatic rings. The highest BCUT2D eigenvalue weighted by molar-refractivity contribution is 7.15. The van der Waals surface area contributed by atoms with E-state index in [1.165, 1.54) is 21.9 Å². The first-order valence-corrected chi connectivity index (χ1v) is 7.88. The highest BCUT2D eigenvalue weighted by Crippen LogP contribution is 2.24. The second kappa shape index (κ2) is 5.57. The summed E-state index contributed by atoms with van der Waals surface area (Å²) in [6, 6.07) is 0. The number of aromatic nitrogens is 2. The predicted molar refractivity (Wildman–Crippen MR) is 79.8 cm³/mol. The van der Waals surface area contributed by atoms with Crippen molar-refractivity contribution in [1.82, 2.24) is 14.7 Å². The summed E-state index contributed by atoms with van der Waals surface area (Å²) in [7, 11) is 0. The molecule has 3 rings (SSSR count). The van der Waals surface area contributed by atoms with Gasteiger partial charge < -0.3 is 10.4 Å². The van der Waals surface area contributed by atoms with E-state index in [4.69, 9.17) is 0 Å². The van der Waals surface area contributed by atoms with Crippen LogP contribution in [-0.4, -0.2) is 33.0 Å². The third-order valence-corrected chi connectivity index (χ3v) is 4.96. The fraction of sp³-hybridized carbons (Fsp3) is 0.500. The van der Waals surface area contributed by atoms with Crippen molar-refractivity contribution in [3.8, 4) is 0 Å². The van der Waals surface area contributed by atoms with Gasteiger partial charge in [0, 0.05) is 29.7 Å². The van der Waals surface area contributed by atoms with Gasteiger partial charge in [0.2, 0.25) is 0 Å². The van der Waals surface area contributed by atoms with E-state index in [1.807, 2.05) is 12.3 Å². The molecule has 0 saturated heterocycles. The molecule has 2 unspecified atom stereocenters. The minimum atomic E-state index is -0.424. The Bertz CT molecular complexity index is 737. The molecule has 112 valence electrons. The van der Waals surface area contributed by atoms with E-state index in [9.17, 15) is 14.7 Å². The lowest BCUT2D eigenvalue weighted by Gasteiger charge is -2.14. The minimum absolute atomic E-state index is 0.0430. The van der Waals surface area contributed by atoms with Crippen LogP contribution in [0.4, 0.5) is 0 Å². The van der Waals surface area contributed by atoms with Crippen LogP contribution in [0.1, 0.15) is 35.3 Å². The Balaban J connectivity index is 1.80. The fourth-order valence-electron chi connectivity index (χ4n) is 2.76. The Labute approximate surface area is 125 Å². The quantitative estimate of drug-likeness (QED) is 0.884. The summed E-state index contributed by atoms with van der Waals surface area (Å²) >= 11 is 1.37. The van der Waals surface area contributed by atoms with Gasteiger partial charge in [0.1, 0.15) is 5.56 Å². The van der Waals surface area contributed by atoms with Crippen molar-refractivity contribution in [2.75, 3.05) is 6.54 Å². The summed E-state index contributed by atoms with van der Waals surface area (Å²) in [6.07, 6.45) is 3.64. The summed E-state index contributed by atoms with van der Waals surface area (Å²) in [5.74, 6) is -0.345. The number of aliphatic hydroxyl groups is 1. The van der Waals surface area contributed by atoms with Crippen molar-refractivity contribution in [3.05, 3.63) is 33.2 Å². The van der Waals surface area contributed by atoms with Gasteiger partial charge in [-0.05, 0) is 19.8 Å². The number of aryl methyl sites for hydroxylation is 1. The lowest BCUT2D eigenvalue weighted by atomic mass is 10.1. The van der Waals surface area contributed by atoms with Crippen molar-refractivity contribution in [1.29, 1.82) is 0 Å². The molecule has 2 aromatic rings. The molecule has 0 aliphatic heterocycles. The minimum Gasteiger partial charge on any atom is -0.393 e. The number of aliphatic hydroxyl groups excluding tert-OH is 1. The molecule has 21 heavy (non-hydrogen) atoms. The van der Waals surface area contributed by atoms with Gasteiger partial charge >= 0.3 is 0 Å². The summed E-state index contributed by atoms with van der Waals surface area (Å²) in [6.45, 7) is 2.20. The van der Waals surface area contributed by atoms with Crippen LogP contribution in [0.2, 0.25) is 0 Å². The maximum atomic E-state index is 12.3. The zero-order valence-electron chi connectivity index (χ0n) is 11.7. The molecule has 1 saturated carbocycles. The second-order valence-electron chi connectivity index (χ2n) is 5.44. The Morgan fingerprint density at radius 2 is 2.38 bits per heavy atom. The van der Waals surface area contributed by atoms with Gasteiger partial charge in [0.15, 0.2) is 4.96 Å². The van der Waals surface area contributed by atoms with Gasteiger partial charge in [-0.2, -0.15) is 0 Å². The van der Waals surface area contributed by atoms with Crippen LogP contribution in [0.15, 0.2) is 16.4 Å². The number of carbonyl (C=O) groups is 1. The third-order valence-electron chi connectivity index (χ3n) is 4.00. The lowest BCUT2D eigenvalue weighted by molar-refractivity contribution is 0.0915. The molecule has 2 aromatic heterocycles. The number of hydrogen-bond acceptors (Lipinski definition) is 5. The van der Waals surface area contributed by atoms with Crippen molar-refractivity contribution in [3.63, 3.8) is 0 Å². The van der Waals surface area contributed by atoms with Crippen LogP contribution >= 0.6 is 11.3 Å². The number of rotatable bonds is 3. The molecule has 2 heterocycles. The molecule has 0 aromatic carbocycles. The number of thiazole rings is 1. The van der Waals surface area contributed by atoms with Crippen LogP contribution in [0.25, 0.3) is 4.96 Å². The van der Waals surface area contributed by atoms with Crippen LogP contribution < -0.4 is 10.9 Å². The smallest absolute Gasteiger partial charge is 0.271 e. The number of amides is 1. The molecule has 7 heteroatoms. The number of hydrogen-bond donors (Lipinski definition) is 2. The topological polar surface area (TPSA) is 83.7 Å². The zero-order valence-corrected chi connectivity index (χ0v) is 12.5. The van der Waals surface area contributed by atoms with E-state index in [0.29, 0.717) is 11.5 Å². The van der Waals surface area contributed by atoms with Crippen LogP contribution in [0.5, 0.6) is 0 Å². The van der Waals surface area contributed by atoms with E-state index in [2.05, 4.69) is 10.3 Å². The van der Waals surface area contributed by atoms with Crippen molar-refractivity contribution < 1.29 is 9.90 Å². The summed E-state index contributed by atoms with van der Waals surface area (Å²) in [5, 5.41) is 14.3. The lowest BCUT2D eigenvalue weighted by Crippen LogP contribution is -2.36. The summed E-state index contributed by atoms with van der Waals surface area (Å²) in [4.78, 5) is 29.2. The number of nitrogens with one attached hydrogen (secondary N) is 1. The van der Waals surface area contributed by atoms with Gasteiger partial charge in [0.05, 0.1) is 6.10 Å². The maximum absolute atomic E-state index is 12.3. The molecule has 1 fully saturated rings. The molecule has 0 radical (unpaired) electrons. The van der Waals surface area contributed by atoms with E-state index < -0.39 is 5.91 Å². The van der Waals surface area contributed by atoms with E-state index >= 15 is 0 Å². The first kappa shape index (κ1) is 14.2. The molecule has 2 atom stereocenters. The number of carbonyl (C=O) groups excluding carboxylic acids is 1. The van der Waals surface area contributed by atoms with Crippen LogP contribution in [-0.2, 0) is 0 Å². The zero-order chi connectivity index (χ0) is 15.0. The second-order valence-corrected chi connectivity index (χ2v) is 6.28. The molecule has 0 spiro atoms. The van der Waals surface area contributed by atoms with Gasteiger partial charge in [0.25, 0.3) is 11.5 Å². The molecule has 2 N–H and O–H groups in total. The molecule has 6 nitrogen and oxygen atoms in total. The third kappa shape index (κ3) is 2.58. The van der Waals surface area contributed by atoms with E-state index in [0.717, 1.165) is 25.0 Å². The predicted octanol–water partition coefficient (Wildman–Crippen LogP) is 0.955. The molecule has 0 bridgehead atoms. The first-order valence-electron chi connectivity index (χ1n) is 7.00. The first-order chi connectivity index (χ1) is 10.1. The van der Waals surface area contributed by atoms with Crippen LogP contribution in [0, 0.1) is 12.8 Å². The average molecular weight is 307 g/mol. The van der Waals surface area contributed by atoms with Crippen molar-refractivity contribution >= 4 is 22.2 Å². The highest BCUT2D eigenvalue weighted by Gasteiger charge is 2.26. The van der Waals surface area contributed by atoms with Gasteiger partial charge in [-0.3, -0.25) is 14.0 Å².